The van der Waals surface area contributed by atoms with Gasteiger partial charge in [0.2, 0.25) is 11.8 Å². The van der Waals surface area contributed by atoms with E-state index in [2.05, 4.69) is 4.98 Å². The van der Waals surface area contributed by atoms with E-state index in [1.54, 1.807) is 11.1 Å². The molecule has 0 unspecified atom stereocenters. The third-order valence-electron chi connectivity index (χ3n) is 6.64. The van der Waals surface area contributed by atoms with Gasteiger partial charge in [0.15, 0.2) is 0 Å². The highest BCUT2D eigenvalue weighted by Gasteiger charge is 2.32. The third-order valence-corrected chi connectivity index (χ3v) is 6.64. The van der Waals surface area contributed by atoms with Crippen molar-refractivity contribution in [2.45, 2.75) is 38.3 Å². The molecule has 5 rings (SSSR count). The van der Waals surface area contributed by atoms with Gasteiger partial charge in [-0.1, -0.05) is 36.4 Å². The molecule has 1 fully saturated rings. The number of nitrogens with one attached hydrogen (secondary N) is 1. The van der Waals surface area contributed by atoms with E-state index in [0.717, 1.165) is 35.0 Å². The first-order valence-corrected chi connectivity index (χ1v) is 11.1. The summed E-state index contributed by atoms with van der Waals surface area (Å²) >= 11 is 0. The molecule has 2 amide bonds. The summed E-state index contributed by atoms with van der Waals surface area (Å²) in [5.74, 6) is -0.0398. The molecule has 3 heterocycles. The van der Waals surface area contributed by atoms with Crippen LogP contribution in [0.25, 0.3) is 17.1 Å². The Bertz CT molecular complexity index is 1260. The minimum absolute atomic E-state index is 0.0380. The summed E-state index contributed by atoms with van der Waals surface area (Å²) in [7, 11) is 0. The van der Waals surface area contributed by atoms with Gasteiger partial charge in [-0.05, 0) is 42.2 Å². The Morgan fingerprint density at radius 2 is 1.75 bits per heavy atom. The molecule has 0 saturated carbocycles. The van der Waals surface area contributed by atoms with Crippen molar-refractivity contribution in [2.75, 3.05) is 13.1 Å². The van der Waals surface area contributed by atoms with Gasteiger partial charge in [0.05, 0.1) is 23.5 Å². The monoisotopic (exact) mass is 430 g/mol. The van der Waals surface area contributed by atoms with Crippen LogP contribution >= 0.6 is 0 Å². The van der Waals surface area contributed by atoms with Crippen LogP contribution in [-0.2, 0) is 9.59 Å². The number of H-pyrrole nitrogens is 1. The van der Waals surface area contributed by atoms with Crippen LogP contribution in [-0.4, -0.2) is 44.3 Å². The molecule has 164 valence electrons. The molecule has 0 radical (unpaired) electrons. The molecule has 1 aromatic heterocycles. The summed E-state index contributed by atoms with van der Waals surface area (Å²) in [5, 5.41) is 0. The van der Waals surface area contributed by atoms with Crippen LogP contribution in [0.2, 0.25) is 0 Å². The van der Waals surface area contributed by atoms with Crippen molar-refractivity contribution in [1.29, 1.82) is 0 Å². The van der Waals surface area contributed by atoms with Gasteiger partial charge in [-0.2, -0.15) is 0 Å². The van der Waals surface area contributed by atoms with Crippen LogP contribution in [0.3, 0.4) is 0 Å². The van der Waals surface area contributed by atoms with E-state index in [1.165, 1.54) is 6.92 Å². The Morgan fingerprint density at radius 3 is 2.53 bits per heavy atom. The second-order valence-corrected chi connectivity index (χ2v) is 8.52. The fourth-order valence-corrected chi connectivity index (χ4v) is 5.02. The number of carbonyl (C=O) groups excluding carboxylic acids is 2. The van der Waals surface area contributed by atoms with Crippen LogP contribution in [0.4, 0.5) is 0 Å². The number of amides is 2. The second-order valence-electron chi connectivity index (χ2n) is 8.52. The average Bonchev–Trinajstić information content (AvgIpc) is 3.14. The SMILES string of the molecule is CC(=O)N1C=Cc2ccccc2[C@@H]1CC(=O)N1CCC(n2c(=O)[nH]c3ccccc32)CC1. The smallest absolute Gasteiger partial charge is 0.326 e. The first kappa shape index (κ1) is 20.3. The molecule has 7 nitrogen and oxygen atoms in total. The van der Waals surface area contributed by atoms with E-state index in [4.69, 9.17) is 0 Å². The molecule has 1 atom stereocenters. The zero-order chi connectivity index (χ0) is 22.2. The minimum Gasteiger partial charge on any atom is -0.342 e. The topological polar surface area (TPSA) is 78.4 Å². The zero-order valence-electron chi connectivity index (χ0n) is 18.0. The fourth-order valence-electron chi connectivity index (χ4n) is 5.02. The number of benzene rings is 2. The van der Waals surface area contributed by atoms with E-state index >= 15 is 0 Å². The van der Waals surface area contributed by atoms with Gasteiger partial charge in [-0.3, -0.25) is 14.2 Å². The van der Waals surface area contributed by atoms with Gasteiger partial charge in [-0.15, -0.1) is 0 Å². The molecule has 32 heavy (non-hydrogen) atoms. The highest BCUT2D eigenvalue weighted by atomic mass is 16.2. The van der Waals surface area contributed by atoms with Crippen LogP contribution in [0.5, 0.6) is 0 Å². The number of fused-ring (bicyclic) bond motifs is 2. The van der Waals surface area contributed by atoms with Crippen molar-refractivity contribution >= 4 is 28.9 Å². The lowest BCUT2D eigenvalue weighted by Crippen LogP contribution is -2.42. The molecule has 2 aliphatic heterocycles. The molecule has 0 aliphatic carbocycles. The predicted molar refractivity (Wildman–Crippen MR) is 123 cm³/mol. The molecule has 0 bridgehead atoms. The zero-order valence-corrected chi connectivity index (χ0v) is 18.0. The largest absolute Gasteiger partial charge is 0.342 e. The summed E-state index contributed by atoms with van der Waals surface area (Å²) in [5.41, 5.74) is 3.69. The van der Waals surface area contributed by atoms with Crippen molar-refractivity contribution in [3.63, 3.8) is 0 Å². The minimum atomic E-state index is -0.296. The van der Waals surface area contributed by atoms with Crippen LogP contribution in [0, 0.1) is 0 Å². The van der Waals surface area contributed by atoms with Crippen molar-refractivity contribution in [2.24, 2.45) is 0 Å². The molecule has 2 aromatic carbocycles. The molecule has 1 saturated heterocycles. The standard InChI is InChI=1S/C25H26N4O3/c1-17(30)28-15-10-18-6-2-3-7-20(18)23(28)16-24(31)27-13-11-19(12-14-27)29-22-9-5-4-8-21(22)26-25(29)32/h2-10,15,19,23H,11-14,16H2,1H3,(H,26,32)/t23-/m0/s1. The summed E-state index contributed by atoms with van der Waals surface area (Å²) in [4.78, 5) is 44.4. The molecule has 7 heteroatoms. The average molecular weight is 431 g/mol. The molecular formula is C25H26N4O3. The van der Waals surface area contributed by atoms with Crippen molar-refractivity contribution < 1.29 is 9.59 Å². The van der Waals surface area contributed by atoms with E-state index in [0.29, 0.717) is 13.1 Å². The number of hydrogen-bond donors (Lipinski definition) is 1. The Labute approximate surface area is 185 Å². The van der Waals surface area contributed by atoms with Crippen molar-refractivity contribution in [3.05, 3.63) is 76.3 Å². The number of piperidine rings is 1. The fraction of sp³-hybridized carbons (Fsp3) is 0.320. The second kappa shape index (κ2) is 8.15. The summed E-state index contributed by atoms with van der Waals surface area (Å²) in [6, 6.07) is 15.4. The number of imidazole rings is 1. The van der Waals surface area contributed by atoms with Gasteiger partial charge >= 0.3 is 5.69 Å². The lowest BCUT2D eigenvalue weighted by atomic mass is 9.93. The number of likely N-dealkylation sites (tertiary alicyclic amines) is 1. The molecule has 3 aromatic rings. The van der Waals surface area contributed by atoms with Crippen LogP contribution in [0.1, 0.15) is 49.4 Å². The maximum Gasteiger partial charge on any atom is 0.326 e. The normalized spacial score (nSPS) is 18.7. The highest BCUT2D eigenvalue weighted by molar-refractivity contribution is 5.82. The van der Waals surface area contributed by atoms with Gasteiger partial charge < -0.3 is 14.8 Å². The predicted octanol–water partition coefficient (Wildman–Crippen LogP) is 3.46. The van der Waals surface area contributed by atoms with Gasteiger partial charge in [-0.25, -0.2) is 4.79 Å². The first-order valence-electron chi connectivity index (χ1n) is 11.1. The number of hydrogen-bond acceptors (Lipinski definition) is 3. The number of aromatic nitrogens is 2. The van der Waals surface area contributed by atoms with Crippen LogP contribution in [0.15, 0.2) is 59.5 Å². The Balaban J connectivity index is 1.30. The third kappa shape index (κ3) is 3.53. The Morgan fingerprint density at radius 1 is 1.03 bits per heavy atom. The summed E-state index contributed by atoms with van der Waals surface area (Å²) < 4.78 is 1.83. The highest BCUT2D eigenvalue weighted by Crippen LogP contribution is 2.34. The lowest BCUT2D eigenvalue weighted by Gasteiger charge is -2.36. The van der Waals surface area contributed by atoms with Gasteiger partial charge in [0, 0.05) is 32.3 Å². The van der Waals surface area contributed by atoms with E-state index in [1.807, 2.05) is 64.1 Å². The van der Waals surface area contributed by atoms with E-state index in [9.17, 15) is 14.4 Å². The number of para-hydroxylation sites is 2. The number of aromatic amines is 1. The lowest BCUT2D eigenvalue weighted by molar-refractivity contribution is -0.135. The van der Waals surface area contributed by atoms with Gasteiger partial charge in [0.25, 0.3) is 0 Å². The molecule has 0 spiro atoms. The quantitative estimate of drug-likeness (QED) is 0.691. The summed E-state index contributed by atoms with van der Waals surface area (Å²) in [6.07, 6.45) is 5.40. The molecular weight excluding hydrogens is 404 g/mol. The summed E-state index contributed by atoms with van der Waals surface area (Å²) in [6.45, 7) is 2.72. The van der Waals surface area contributed by atoms with E-state index < -0.39 is 0 Å². The first-order chi connectivity index (χ1) is 15.5. The number of rotatable bonds is 3. The van der Waals surface area contributed by atoms with E-state index in [-0.39, 0.29) is 36.0 Å². The van der Waals surface area contributed by atoms with Gasteiger partial charge in [0.1, 0.15) is 0 Å². The van der Waals surface area contributed by atoms with Crippen molar-refractivity contribution in [3.8, 4) is 0 Å². The molecule has 2 aliphatic rings. The Kier molecular flexibility index (Phi) is 5.17. The van der Waals surface area contributed by atoms with Crippen LogP contribution < -0.4 is 5.69 Å². The Hall–Kier alpha value is -3.61. The maximum absolute atomic E-state index is 13.2. The molecule has 1 N–H and O–H groups in total. The number of carbonyl (C=O) groups is 2. The maximum atomic E-state index is 13.2. The number of nitrogens with zero attached hydrogens (tertiary/aromatic N) is 3. The van der Waals surface area contributed by atoms with Crippen molar-refractivity contribution in [1.82, 2.24) is 19.4 Å².